The minimum Gasteiger partial charge on any atom is -0.337 e. The number of carbonyl (C=O) groups excluding carboxylic acids is 1. The maximum absolute atomic E-state index is 13.0. The summed E-state index contributed by atoms with van der Waals surface area (Å²) < 4.78 is 13.0. The SMILES string of the molecule is CC1CCN(C(=O)NCC2(c3ccc(F)cc3)CC2)CC1. The van der Waals surface area contributed by atoms with Gasteiger partial charge in [-0.3, -0.25) is 0 Å². The van der Waals surface area contributed by atoms with Gasteiger partial charge in [-0.05, 0) is 49.3 Å². The fourth-order valence-corrected chi connectivity index (χ4v) is 3.09. The molecule has 3 nitrogen and oxygen atoms in total. The van der Waals surface area contributed by atoms with Gasteiger partial charge in [0.05, 0.1) is 0 Å². The molecule has 4 heteroatoms. The number of likely N-dealkylation sites (tertiary alicyclic amines) is 1. The van der Waals surface area contributed by atoms with Crippen molar-refractivity contribution in [1.29, 1.82) is 0 Å². The van der Waals surface area contributed by atoms with Crippen LogP contribution in [0.2, 0.25) is 0 Å². The number of benzene rings is 1. The van der Waals surface area contributed by atoms with Crippen LogP contribution in [0.1, 0.15) is 38.2 Å². The maximum atomic E-state index is 13.0. The molecule has 0 atom stereocenters. The van der Waals surface area contributed by atoms with Crippen LogP contribution in [0.25, 0.3) is 0 Å². The van der Waals surface area contributed by atoms with E-state index in [1.165, 1.54) is 12.1 Å². The Morgan fingerprint density at radius 3 is 2.48 bits per heavy atom. The van der Waals surface area contributed by atoms with Gasteiger partial charge in [-0.2, -0.15) is 0 Å². The van der Waals surface area contributed by atoms with Crippen LogP contribution < -0.4 is 5.32 Å². The van der Waals surface area contributed by atoms with E-state index in [-0.39, 0.29) is 17.3 Å². The second-order valence-corrected chi connectivity index (χ2v) is 6.62. The highest BCUT2D eigenvalue weighted by atomic mass is 19.1. The first kappa shape index (κ1) is 14.4. The van der Waals surface area contributed by atoms with Crippen LogP contribution in [0.5, 0.6) is 0 Å². The molecule has 2 fully saturated rings. The molecule has 0 spiro atoms. The van der Waals surface area contributed by atoms with Crippen molar-refractivity contribution in [3.8, 4) is 0 Å². The molecule has 0 radical (unpaired) electrons. The topological polar surface area (TPSA) is 32.3 Å². The quantitative estimate of drug-likeness (QED) is 0.910. The van der Waals surface area contributed by atoms with E-state index in [0.29, 0.717) is 6.54 Å². The molecule has 1 aromatic rings. The molecule has 1 heterocycles. The lowest BCUT2D eigenvalue weighted by atomic mass is 9.96. The molecule has 1 aromatic carbocycles. The highest BCUT2D eigenvalue weighted by Gasteiger charge is 2.44. The lowest BCUT2D eigenvalue weighted by Gasteiger charge is -2.31. The van der Waals surface area contributed by atoms with Crippen molar-refractivity contribution in [2.45, 2.75) is 38.0 Å². The minimum atomic E-state index is -0.207. The summed E-state index contributed by atoms with van der Waals surface area (Å²) in [5, 5.41) is 3.08. The van der Waals surface area contributed by atoms with Crippen LogP contribution in [0.4, 0.5) is 9.18 Å². The Morgan fingerprint density at radius 2 is 1.90 bits per heavy atom. The van der Waals surface area contributed by atoms with Gasteiger partial charge in [0.1, 0.15) is 5.82 Å². The number of nitrogens with one attached hydrogen (secondary N) is 1. The second-order valence-electron chi connectivity index (χ2n) is 6.62. The average molecular weight is 290 g/mol. The van der Waals surface area contributed by atoms with Crippen molar-refractivity contribution >= 4 is 6.03 Å². The summed E-state index contributed by atoms with van der Waals surface area (Å²) in [5.41, 5.74) is 1.17. The van der Waals surface area contributed by atoms with Crippen LogP contribution in [0, 0.1) is 11.7 Å². The highest BCUT2D eigenvalue weighted by molar-refractivity contribution is 5.74. The van der Waals surface area contributed by atoms with E-state index in [4.69, 9.17) is 0 Å². The van der Waals surface area contributed by atoms with Crippen molar-refractivity contribution in [1.82, 2.24) is 10.2 Å². The first-order valence-corrected chi connectivity index (χ1v) is 7.88. The number of halogens is 1. The summed E-state index contributed by atoms with van der Waals surface area (Å²) >= 11 is 0. The molecule has 2 aliphatic rings. The number of hydrogen-bond donors (Lipinski definition) is 1. The molecular formula is C17H23FN2O. The first-order chi connectivity index (χ1) is 10.1. The number of hydrogen-bond acceptors (Lipinski definition) is 1. The molecule has 2 amide bonds. The van der Waals surface area contributed by atoms with Crippen LogP contribution >= 0.6 is 0 Å². The van der Waals surface area contributed by atoms with Gasteiger partial charge < -0.3 is 10.2 Å². The predicted molar refractivity (Wildman–Crippen MR) is 80.7 cm³/mol. The lowest BCUT2D eigenvalue weighted by molar-refractivity contribution is 0.173. The molecule has 1 N–H and O–H groups in total. The van der Waals surface area contributed by atoms with Crippen LogP contribution in [-0.4, -0.2) is 30.6 Å². The van der Waals surface area contributed by atoms with E-state index in [9.17, 15) is 9.18 Å². The van der Waals surface area contributed by atoms with E-state index >= 15 is 0 Å². The van der Waals surface area contributed by atoms with Crippen LogP contribution in [-0.2, 0) is 5.41 Å². The van der Waals surface area contributed by atoms with E-state index < -0.39 is 0 Å². The summed E-state index contributed by atoms with van der Waals surface area (Å²) in [4.78, 5) is 14.1. The molecule has 114 valence electrons. The number of carbonyl (C=O) groups is 1. The Kier molecular flexibility index (Phi) is 3.87. The summed E-state index contributed by atoms with van der Waals surface area (Å²) in [7, 11) is 0. The maximum Gasteiger partial charge on any atom is 0.317 e. The van der Waals surface area contributed by atoms with Gasteiger partial charge in [0, 0.05) is 25.0 Å². The van der Waals surface area contributed by atoms with Crippen molar-refractivity contribution < 1.29 is 9.18 Å². The Labute approximate surface area is 125 Å². The largest absolute Gasteiger partial charge is 0.337 e. The molecule has 0 aromatic heterocycles. The van der Waals surface area contributed by atoms with Gasteiger partial charge in [-0.25, -0.2) is 9.18 Å². The van der Waals surface area contributed by atoms with Crippen LogP contribution in [0.15, 0.2) is 24.3 Å². The smallest absolute Gasteiger partial charge is 0.317 e. The van der Waals surface area contributed by atoms with Gasteiger partial charge in [0.25, 0.3) is 0 Å². The molecule has 1 aliphatic carbocycles. The zero-order chi connectivity index (χ0) is 14.9. The first-order valence-electron chi connectivity index (χ1n) is 7.88. The predicted octanol–water partition coefficient (Wildman–Crippen LogP) is 3.30. The Bertz CT molecular complexity index is 502. The third-order valence-electron chi connectivity index (χ3n) is 4.96. The van der Waals surface area contributed by atoms with Crippen LogP contribution in [0.3, 0.4) is 0 Å². The average Bonchev–Trinajstić information content (AvgIpc) is 3.27. The van der Waals surface area contributed by atoms with Gasteiger partial charge in [0.2, 0.25) is 0 Å². The zero-order valence-corrected chi connectivity index (χ0v) is 12.6. The standard InChI is InChI=1S/C17H23FN2O/c1-13-6-10-20(11-7-13)16(21)19-12-17(8-9-17)14-2-4-15(18)5-3-14/h2-5,13H,6-12H2,1H3,(H,19,21). The number of rotatable bonds is 3. The van der Waals surface area contributed by atoms with Crippen molar-refractivity contribution in [3.05, 3.63) is 35.6 Å². The van der Waals surface area contributed by atoms with Gasteiger partial charge >= 0.3 is 6.03 Å². The normalized spacial score (nSPS) is 21.1. The number of nitrogens with zero attached hydrogens (tertiary/aromatic N) is 1. The fourth-order valence-electron chi connectivity index (χ4n) is 3.09. The molecular weight excluding hydrogens is 267 g/mol. The van der Waals surface area contributed by atoms with Gasteiger partial charge in [0.15, 0.2) is 0 Å². The van der Waals surface area contributed by atoms with E-state index in [1.54, 1.807) is 0 Å². The van der Waals surface area contributed by atoms with Gasteiger partial charge in [-0.1, -0.05) is 19.1 Å². The van der Waals surface area contributed by atoms with Crippen molar-refractivity contribution in [2.24, 2.45) is 5.92 Å². The fraction of sp³-hybridized carbons (Fsp3) is 0.588. The molecule has 0 unspecified atom stereocenters. The van der Waals surface area contributed by atoms with E-state index in [1.807, 2.05) is 17.0 Å². The third kappa shape index (κ3) is 3.20. The highest BCUT2D eigenvalue weighted by Crippen LogP contribution is 2.47. The molecule has 0 bridgehead atoms. The number of amides is 2. The molecule has 1 aliphatic heterocycles. The third-order valence-corrected chi connectivity index (χ3v) is 4.96. The Balaban J connectivity index is 1.55. The lowest BCUT2D eigenvalue weighted by Crippen LogP contribution is -2.46. The Morgan fingerprint density at radius 1 is 1.29 bits per heavy atom. The summed E-state index contributed by atoms with van der Waals surface area (Å²) in [6.07, 6.45) is 4.32. The van der Waals surface area contributed by atoms with Crippen molar-refractivity contribution in [2.75, 3.05) is 19.6 Å². The van der Waals surface area contributed by atoms with Gasteiger partial charge in [-0.15, -0.1) is 0 Å². The molecule has 1 saturated heterocycles. The molecule has 3 rings (SSSR count). The number of urea groups is 1. The van der Waals surface area contributed by atoms with Crippen molar-refractivity contribution in [3.63, 3.8) is 0 Å². The molecule has 1 saturated carbocycles. The van der Waals surface area contributed by atoms with E-state index in [0.717, 1.165) is 50.3 Å². The zero-order valence-electron chi connectivity index (χ0n) is 12.6. The summed E-state index contributed by atoms with van der Waals surface area (Å²) in [5.74, 6) is 0.518. The number of piperidine rings is 1. The molecule has 21 heavy (non-hydrogen) atoms. The second kappa shape index (κ2) is 5.66. The monoisotopic (exact) mass is 290 g/mol. The Hall–Kier alpha value is -1.58. The minimum absolute atomic E-state index is 0.0342. The summed E-state index contributed by atoms with van der Waals surface area (Å²) in [6, 6.07) is 6.75. The van der Waals surface area contributed by atoms with E-state index in [2.05, 4.69) is 12.2 Å². The summed E-state index contributed by atoms with van der Waals surface area (Å²) in [6.45, 7) is 4.61.